The van der Waals surface area contributed by atoms with Crippen molar-refractivity contribution in [2.45, 2.75) is 33.2 Å². The van der Waals surface area contributed by atoms with Gasteiger partial charge >= 0.3 is 0 Å². The van der Waals surface area contributed by atoms with Gasteiger partial charge in [0.1, 0.15) is 5.69 Å². The summed E-state index contributed by atoms with van der Waals surface area (Å²) in [4.78, 5) is 23.2. The lowest BCUT2D eigenvalue weighted by molar-refractivity contribution is 0.0665. The average Bonchev–Trinajstić information content (AvgIpc) is 2.87. The number of carbonyl (C=O) groups excluding carboxylic acids is 1. The van der Waals surface area contributed by atoms with Crippen LogP contribution >= 0.6 is 0 Å². The van der Waals surface area contributed by atoms with E-state index >= 15 is 0 Å². The van der Waals surface area contributed by atoms with Crippen LogP contribution in [0.15, 0.2) is 24.0 Å². The Balaban J connectivity index is 0.00000192. The van der Waals surface area contributed by atoms with Gasteiger partial charge in [-0.15, -0.1) is 0 Å². The Hall–Kier alpha value is -1.95. The molecule has 0 radical (unpaired) electrons. The van der Waals surface area contributed by atoms with Gasteiger partial charge in [0.15, 0.2) is 5.82 Å². The van der Waals surface area contributed by atoms with Crippen LogP contribution in [-0.4, -0.2) is 44.6 Å². The first-order chi connectivity index (χ1) is 10.4. The van der Waals surface area contributed by atoms with Crippen LogP contribution in [0.1, 0.15) is 46.4 Å². The van der Waals surface area contributed by atoms with E-state index in [-0.39, 0.29) is 14.2 Å². The Morgan fingerprint density at radius 2 is 2.30 bits per heavy atom. The van der Waals surface area contributed by atoms with Crippen LogP contribution in [0.4, 0.5) is 0 Å². The van der Waals surface area contributed by atoms with Gasteiger partial charge in [-0.25, -0.2) is 4.98 Å². The summed E-state index contributed by atoms with van der Waals surface area (Å²) >= 11 is 0. The SMILES string of the molecule is C=CN=Cc1nc(C(=O)N2CC3C([C@H]2CC)C3(C)C)cn1C.O.[HH].[HH]. The number of rotatable bonds is 4. The lowest BCUT2D eigenvalue weighted by atomic mass is 9.99. The Kier molecular flexibility index (Phi) is 4.48. The summed E-state index contributed by atoms with van der Waals surface area (Å²) < 4.78 is 1.82. The fraction of sp³-hybridized carbons (Fsp3) is 0.588. The summed E-state index contributed by atoms with van der Waals surface area (Å²) in [6.45, 7) is 11.2. The fourth-order valence-corrected chi connectivity index (χ4v) is 4.12. The third kappa shape index (κ3) is 2.61. The molecule has 0 spiro atoms. The van der Waals surface area contributed by atoms with Gasteiger partial charge < -0.3 is 14.9 Å². The minimum absolute atomic E-state index is 0. The molecule has 3 rings (SSSR count). The maximum Gasteiger partial charge on any atom is 0.274 e. The number of fused-ring (bicyclic) bond motifs is 1. The lowest BCUT2D eigenvalue weighted by Gasteiger charge is -2.29. The van der Waals surface area contributed by atoms with Crippen LogP contribution in [0.2, 0.25) is 0 Å². The number of aromatic nitrogens is 2. The molecule has 1 aliphatic carbocycles. The highest BCUT2D eigenvalue weighted by Crippen LogP contribution is 2.65. The van der Waals surface area contributed by atoms with E-state index in [0.29, 0.717) is 34.8 Å². The van der Waals surface area contributed by atoms with Crippen LogP contribution in [0.25, 0.3) is 0 Å². The standard InChI is InChI=1S/C17H24N4O.H2O.2H2/c1-6-13-15-11(17(15,3)4)9-21(13)16(22)12-10-20(5)14(19-12)8-18-7-2;;;/h7-8,10-11,13,15H,2,6,9H2,1,3-5H3;1H2;2*1H/t11?,13-,15?;;;/m1.../s1. The van der Waals surface area contributed by atoms with Crippen LogP contribution in [0, 0.1) is 17.3 Å². The summed E-state index contributed by atoms with van der Waals surface area (Å²) in [5.41, 5.74) is 0.897. The highest BCUT2D eigenvalue weighted by Gasteiger charge is 2.66. The van der Waals surface area contributed by atoms with E-state index in [1.807, 2.05) is 16.5 Å². The van der Waals surface area contributed by atoms with Gasteiger partial charge in [-0.2, -0.15) is 0 Å². The van der Waals surface area contributed by atoms with Crippen molar-refractivity contribution < 1.29 is 13.1 Å². The molecule has 2 fully saturated rings. The topological polar surface area (TPSA) is 82.0 Å². The smallest absolute Gasteiger partial charge is 0.274 e. The monoisotopic (exact) mass is 322 g/mol. The molecule has 6 nitrogen and oxygen atoms in total. The average molecular weight is 322 g/mol. The molecule has 0 bridgehead atoms. The molecule has 6 heteroatoms. The van der Waals surface area contributed by atoms with E-state index in [9.17, 15) is 4.79 Å². The van der Waals surface area contributed by atoms with E-state index in [1.54, 1.807) is 12.4 Å². The van der Waals surface area contributed by atoms with Gasteiger partial charge in [-0.05, 0) is 23.7 Å². The molecule has 1 aromatic heterocycles. The molecule has 23 heavy (non-hydrogen) atoms. The second-order valence-electron chi connectivity index (χ2n) is 6.94. The van der Waals surface area contributed by atoms with Crippen molar-refractivity contribution in [2.24, 2.45) is 29.3 Å². The van der Waals surface area contributed by atoms with Gasteiger partial charge in [0.2, 0.25) is 0 Å². The zero-order valence-corrected chi connectivity index (χ0v) is 14.3. The molecule has 1 aliphatic heterocycles. The molecular weight excluding hydrogens is 292 g/mol. The van der Waals surface area contributed by atoms with Crippen molar-refractivity contribution in [2.75, 3.05) is 6.54 Å². The van der Waals surface area contributed by atoms with Gasteiger partial charge in [0.05, 0.1) is 6.21 Å². The highest BCUT2D eigenvalue weighted by molar-refractivity contribution is 5.94. The van der Waals surface area contributed by atoms with E-state index in [4.69, 9.17) is 0 Å². The second kappa shape index (κ2) is 5.92. The second-order valence-corrected chi connectivity index (χ2v) is 6.94. The van der Waals surface area contributed by atoms with Crippen LogP contribution in [-0.2, 0) is 7.05 Å². The van der Waals surface area contributed by atoms with Crippen LogP contribution < -0.4 is 0 Å². The van der Waals surface area contributed by atoms with E-state index in [2.05, 4.69) is 37.3 Å². The molecule has 1 saturated heterocycles. The summed E-state index contributed by atoms with van der Waals surface area (Å²) in [6, 6.07) is 0.347. The van der Waals surface area contributed by atoms with E-state index < -0.39 is 0 Å². The molecule has 1 aromatic rings. The normalized spacial score (nSPS) is 27.7. The summed E-state index contributed by atoms with van der Waals surface area (Å²) in [5, 5.41) is 0. The van der Waals surface area contributed by atoms with E-state index in [0.717, 1.165) is 13.0 Å². The number of aryl methyl sites for hydroxylation is 1. The zero-order valence-electron chi connectivity index (χ0n) is 14.3. The number of nitrogens with zero attached hydrogens (tertiary/aromatic N) is 4. The Bertz CT molecular complexity index is 657. The first-order valence-corrected chi connectivity index (χ1v) is 7.90. The third-order valence-electron chi connectivity index (χ3n) is 5.45. The first-order valence-electron chi connectivity index (χ1n) is 7.90. The van der Waals surface area contributed by atoms with Crippen molar-refractivity contribution in [3.05, 3.63) is 30.5 Å². The number of hydrogen-bond donors (Lipinski definition) is 0. The summed E-state index contributed by atoms with van der Waals surface area (Å²) in [7, 11) is 1.87. The number of imidazole rings is 1. The van der Waals surface area contributed by atoms with Gasteiger partial charge in [-0.3, -0.25) is 9.79 Å². The molecule has 3 atom stereocenters. The predicted octanol–water partition coefficient (Wildman–Crippen LogP) is 2.16. The largest absolute Gasteiger partial charge is 0.412 e. The van der Waals surface area contributed by atoms with Crippen LogP contribution in [0.3, 0.4) is 0 Å². The molecule has 0 aromatic carbocycles. The fourth-order valence-electron chi connectivity index (χ4n) is 4.12. The number of hydrogen-bond acceptors (Lipinski definition) is 3. The van der Waals surface area contributed by atoms with Crippen molar-refractivity contribution >= 4 is 12.1 Å². The van der Waals surface area contributed by atoms with Crippen molar-refractivity contribution in [3.63, 3.8) is 0 Å². The van der Waals surface area contributed by atoms with Gasteiger partial charge in [0, 0.05) is 34.9 Å². The van der Waals surface area contributed by atoms with Crippen molar-refractivity contribution in [1.29, 1.82) is 0 Å². The molecule has 2 N–H and O–H groups in total. The number of aliphatic imine (C=N–C) groups is 1. The maximum absolute atomic E-state index is 12.8. The van der Waals surface area contributed by atoms with Crippen molar-refractivity contribution in [3.8, 4) is 0 Å². The number of amides is 1. The minimum Gasteiger partial charge on any atom is -0.412 e. The summed E-state index contributed by atoms with van der Waals surface area (Å²) in [6.07, 6.45) is 5.87. The Labute approximate surface area is 140 Å². The van der Waals surface area contributed by atoms with Gasteiger partial charge in [-0.1, -0.05) is 27.4 Å². The maximum atomic E-state index is 12.8. The Morgan fingerprint density at radius 1 is 1.61 bits per heavy atom. The quantitative estimate of drug-likeness (QED) is 0.796. The van der Waals surface area contributed by atoms with E-state index in [1.165, 1.54) is 6.20 Å². The highest BCUT2D eigenvalue weighted by atomic mass is 16.2. The lowest BCUT2D eigenvalue weighted by Crippen LogP contribution is -2.40. The number of piperidine rings is 1. The molecule has 1 saturated carbocycles. The predicted molar refractivity (Wildman–Crippen MR) is 94.7 cm³/mol. The molecule has 2 unspecified atom stereocenters. The van der Waals surface area contributed by atoms with Gasteiger partial charge in [0.25, 0.3) is 5.91 Å². The summed E-state index contributed by atoms with van der Waals surface area (Å²) in [5.74, 6) is 2.00. The molecular formula is C17H30N4O2. The molecule has 1 amide bonds. The molecule has 2 heterocycles. The Morgan fingerprint density at radius 3 is 2.91 bits per heavy atom. The first kappa shape index (κ1) is 17.4. The zero-order chi connectivity index (χ0) is 16.1. The number of likely N-dealkylation sites (tertiary alicyclic amines) is 1. The minimum atomic E-state index is 0. The molecule has 130 valence electrons. The van der Waals surface area contributed by atoms with Crippen molar-refractivity contribution in [1.82, 2.24) is 14.5 Å². The molecule has 2 aliphatic rings. The third-order valence-corrected chi connectivity index (χ3v) is 5.45. The number of carbonyl (C=O) groups is 1. The van der Waals surface area contributed by atoms with Crippen LogP contribution in [0.5, 0.6) is 0 Å².